The van der Waals surface area contributed by atoms with Crippen molar-refractivity contribution in [3.8, 4) is 11.1 Å². The first-order valence-corrected chi connectivity index (χ1v) is 14.9. The van der Waals surface area contributed by atoms with Gasteiger partial charge in [0.15, 0.2) is 0 Å². The van der Waals surface area contributed by atoms with Crippen LogP contribution in [0.4, 0.5) is 4.39 Å². The largest absolute Gasteiger partial charge is 0.370 e. The van der Waals surface area contributed by atoms with E-state index in [-0.39, 0.29) is 24.6 Å². The van der Waals surface area contributed by atoms with Gasteiger partial charge in [0.2, 0.25) is 5.91 Å². The molecule has 0 saturated heterocycles. The molecule has 4 rings (SSSR count). The van der Waals surface area contributed by atoms with Crippen LogP contribution in [-0.2, 0) is 28.0 Å². The SMILES string of the molecule is CCc1ccc(F)cc1C(Cn1c(=O)n(C(C)(C)C(=O)NC(C)C)c(=O)c2c(C)c(-n3nccn3)sc21)OCC(C)C#N. The maximum absolute atomic E-state index is 14.6. The zero-order valence-electron chi connectivity index (χ0n) is 25.3. The minimum atomic E-state index is -1.56. The van der Waals surface area contributed by atoms with Crippen LogP contribution in [0.15, 0.2) is 40.2 Å². The molecule has 0 radical (unpaired) electrons. The monoisotopic (exact) mass is 609 g/mol. The molecule has 13 heteroatoms. The summed E-state index contributed by atoms with van der Waals surface area (Å²) in [5.74, 6) is -1.43. The molecule has 3 aromatic heterocycles. The van der Waals surface area contributed by atoms with Gasteiger partial charge < -0.3 is 10.1 Å². The first kappa shape index (κ1) is 31.8. The number of thiophene rings is 1. The molecule has 1 amide bonds. The minimum Gasteiger partial charge on any atom is -0.370 e. The molecule has 1 N–H and O–H groups in total. The number of halogens is 1. The number of carbonyl (C=O) groups is 1. The summed E-state index contributed by atoms with van der Waals surface area (Å²) in [5, 5.41) is 21.4. The highest BCUT2D eigenvalue weighted by molar-refractivity contribution is 7.21. The maximum atomic E-state index is 14.6. The lowest BCUT2D eigenvalue weighted by Crippen LogP contribution is -2.56. The van der Waals surface area contributed by atoms with Gasteiger partial charge in [0.1, 0.15) is 27.3 Å². The number of ether oxygens (including phenoxy) is 1. The highest BCUT2D eigenvalue weighted by Crippen LogP contribution is 2.33. The molecule has 4 aromatic rings. The second-order valence-electron chi connectivity index (χ2n) is 11.3. The van der Waals surface area contributed by atoms with Gasteiger partial charge in [0, 0.05) is 11.6 Å². The molecule has 0 fully saturated rings. The molecule has 0 saturated carbocycles. The van der Waals surface area contributed by atoms with Crippen molar-refractivity contribution in [3.05, 3.63) is 73.9 Å². The maximum Gasteiger partial charge on any atom is 0.333 e. The van der Waals surface area contributed by atoms with Crippen LogP contribution in [0.1, 0.15) is 64.3 Å². The van der Waals surface area contributed by atoms with Crippen molar-refractivity contribution in [1.82, 2.24) is 29.4 Å². The molecule has 3 heterocycles. The molecular formula is C30H36FN7O4S. The summed E-state index contributed by atoms with van der Waals surface area (Å²) in [5.41, 5.74) is -1.02. The minimum absolute atomic E-state index is 0.0343. The van der Waals surface area contributed by atoms with Crippen LogP contribution in [0.5, 0.6) is 0 Å². The summed E-state index contributed by atoms with van der Waals surface area (Å²) < 4.78 is 23.2. The summed E-state index contributed by atoms with van der Waals surface area (Å²) in [4.78, 5) is 43.5. The summed E-state index contributed by atoms with van der Waals surface area (Å²) in [6.07, 6.45) is 2.73. The number of fused-ring (bicyclic) bond motifs is 1. The van der Waals surface area contributed by atoms with Crippen molar-refractivity contribution in [2.45, 2.75) is 79.1 Å². The topological polar surface area (TPSA) is 137 Å². The van der Waals surface area contributed by atoms with Crippen molar-refractivity contribution in [2.75, 3.05) is 6.61 Å². The summed E-state index contributed by atoms with van der Waals surface area (Å²) in [6, 6.07) is 6.32. The van der Waals surface area contributed by atoms with Crippen molar-refractivity contribution >= 4 is 27.5 Å². The van der Waals surface area contributed by atoms with E-state index in [0.29, 0.717) is 27.4 Å². The first-order valence-electron chi connectivity index (χ1n) is 14.1. The second-order valence-corrected chi connectivity index (χ2v) is 12.3. The number of hydrogen-bond acceptors (Lipinski definition) is 8. The number of aromatic nitrogens is 5. The third-order valence-corrected chi connectivity index (χ3v) is 8.55. The van der Waals surface area contributed by atoms with Gasteiger partial charge >= 0.3 is 5.69 Å². The van der Waals surface area contributed by atoms with Crippen LogP contribution in [0.3, 0.4) is 0 Å². The summed E-state index contributed by atoms with van der Waals surface area (Å²) in [6.45, 7) is 11.9. The Bertz CT molecular complexity index is 1800. The van der Waals surface area contributed by atoms with E-state index in [2.05, 4.69) is 21.6 Å². The Balaban J connectivity index is 2.03. The highest BCUT2D eigenvalue weighted by Gasteiger charge is 2.36. The van der Waals surface area contributed by atoms with Gasteiger partial charge in [0.05, 0.1) is 42.9 Å². The quantitative estimate of drug-likeness (QED) is 0.272. The average Bonchev–Trinajstić information content (AvgIpc) is 3.60. The molecule has 43 heavy (non-hydrogen) atoms. The number of hydrogen-bond donors (Lipinski definition) is 1. The Labute approximate surface area is 252 Å². The van der Waals surface area contributed by atoms with Gasteiger partial charge in [-0.1, -0.05) is 24.3 Å². The van der Waals surface area contributed by atoms with Crippen molar-refractivity contribution in [1.29, 1.82) is 5.26 Å². The van der Waals surface area contributed by atoms with Crippen LogP contribution in [-0.4, -0.2) is 42.7 Å². The van der Waals surface area contributed by atoms with E-state index in [0.717, 1.165) is 21.5 Å². The lowest BCUT2D eigenvalue weighted by molar-refractivity contribution is -0.129. The molecule has 2 atom stereocenters. The van der Waals surface area contributed by atoms with Crippen LogP contribution < -0.4 is 16.6 Å². The number of amides is 1. The molecule has 11 nitrogen and oxygen atoms in total. The molecule has 0 bridgehead atoms. The van der Waals surface area contributed by atoms with E-state index < -0.39 is 40.5 Å². The van der Waals surface area contributed by atoms with Crippen LogP contribution in [0.25, 0.3) is 15.2 Å². The Morgan fingerprint density at radius 2 is 1.88 bits per heavy atom. The fraction of sp³-hybridized carbons (Fsp3) is 0.467. The Hall–Kier alpha value is -4.15. The average molecular weight is 610 g/mol. The molecular weight excluding hydrogens is 573 g/mol. The smallest absolute Gasteiger partial charge is 0.333 e. The third-order valence-electron chi connectivity index (χ3n) is 7.27. The molecule has 2 unspecified atom stereocenters. The van der Waals surface area contributed by atoms with Gasteiger partial charge in [-0.05, 0) is 71.2 Å². The first-order chi connectivity index (χ1) is 20.3. The molecule has 228 valence electrons. The van der Waals surface area contributed by atoms with E-state index >= 15 is 0 Å². The van der Waals surface area contributed by atoms with Crippen LogP contribution in [0.2, 0.25) is 0 Å². The number of carbonyl (C=O) groups excluding carboxylic acids is 1. The molecule has 0 aliphatic carbocycles. The number of nitrogens with one attached hydrogen (secondary N) is 1. The van der Waals surface area contributed by atoms with Crippen molar-refractivity contribution < 1.29 is 13.9 Å². The molecule has 1 aromatic carbocycles. The number of rotatable bonds is 11. The van der Waals surface area contributed by atoms with E-state index in [1.54, 1.807) is 33.8 Å². The molecule has 0 aliphatic heterocycles. The predicted molar refractivity (Wildman–Crippen MR) is 162 cm³/mol. The standard InChI is InChI=1S/C30H36FN7O4S/c1-8-20-9-10-21(31)13-22(20)23(42-16-18(4)14-32)15-36-27-24(19(5)26(43-27)38-33-11-12-34-38)25(39)37(29(36)41)30(6,7)28(40)35-17(2)3/h9-13,17-18,23H,8,15-16H2,1-7H3,(H,35,40). The van der Waals surface area contributed by atoms with Gasteiger partial charge in [-0.2, -0.15) is 15.5 Å². The third kappa shape index (κ3) is 6.16. The second kappa shape index (κ2) is 12.6. The lowest BCUT2D eigenvalue weighted by Gasteiger charge is -2.29. The van der Waals surface area contributed by atoms with Crippen molar-refractivity contribution in [3.63, 3.8) is 0 Å². The molecule has 0 aliphatic rings. The zero-order chi connectivity index (χ0) is 31.6. The van der Waals surface area contributed by atoms with E-state index in [4.69, 9.17) is 4.74 Å². The van der Waals surface area contributed by atoms with Crippen LogP contribution >= 0.6 is 11.3 Å². The van der Waals surface area contributed by atoms with E-state index in [1.165, 1.54) is 47.7 Å². The Morgan fingerprint density at radius 1 is 1.21 bits per heavy atom. The van der Waals surface area contributed by atoms with Gasteiger partial charge in [-0.3, -0.25) is 14.2 Å². The zero-order valence-corrected chi connectivity index (χ0v) is 26.2. The fourth-order valence-electron chi connectivity index (χ4n) is 4.93. The number of nitrogens with zero attached hydrogens (tertiary/aromatic N) is 6. The number of benzene rings is 1. The fourth-order valence-corrected chi connectivity index (χ4v) is 6.15. The van der Waals surface area contributed by atoms with Crippen LogP contribution in [0, 0.1) is 30.0 Å². The van der Waals surface area contributed by atoms with Gasteiger partial charge in [-0.25, -0.2) is 13.8 Å². The highest BCUT2D eigenvalue weighted by atomic mass is 32.1. The summed E-state index contributed by atoms with van der Waals surface area (Å²) in [7, 11) is 0. The summed E-state index contributed by atoms with van der Waals surface area (Å²) >= 11 is 1.16. The van der Waals surface area contributed by atoms with E-state index in [1.807, 2.05) is 6.92 Å². The Morgan fingerprint density at radius 3 is 2.49 bits per heavy atom. The normalized spacial score (nSPS) is 13.3. The Kier molecular flexibility index (Phi) is 9.32. The van der Waals surface area contributed by atoms with Gasteiger partial charge in [0.25, 0.3) is 5.56 Å². The van der Waals surface area contributed by atoms with Crippen molar-refractivity contribution in [2.24, 2.45) is 5.92 Å². The number of nitriles is 1. The van der Waals surface area contributed by atoms with Gasteiger partial charge in [-0.15, -0.1) is 4.80 Å². The molecule has 0 spiro atoms. The number of aryl methyl sites for hydroxylation is 2. The lowest BCUT2D eigenvalue weighted by atomic mass is 9.99. The predicted octanol–water partition coefficient (Wildman–Crippen LogP) is 3.99. The van der Waals surface area contributed by atoms with E-state index in [9.17, 15) is 24.0 Å².